The Morgan fingerprint density at radius 2 is 1.53 bits per heavy atom. The number of cyclic esters (lactones) is 1. The maximum Gasteiger partial charge on any atom is 0.348 e. The van der Waals surface area contributed by atoms with E-state index in [1.165, 1.54) is 12.8 Å². The summed E-state index contributed by atoms with van der Waals surface area (Å²) in [4.78, 5) is 19.0. The number of rotatable bonds is 7. The molecule has 8 heteroatoms. The molecule has 1 spiro atoms. The summed E-state index contributed by atoms with van der Waals surface area (Å²) in [5.41, 5.74) is -0.940. The molecule has 0 unspecified atom stereocenters. The smallest absolute Gasteiger partial charge is 0.348 e. The van der Waals surface area contributed by atoms with Crippen molar-refractivity contribution in [2.45, 2.75) is 50.2 Å². The first kappa shape index (κ1) is 24.4. The molecule has 3 aliphatic rings. The van der Waals surface area contributed by atoms with E-state index >= 15 is 0 Å². The Balaban J connectivity index is 1.66. The molecule has 1 saturated heterocycles. The third-order valence-corrected chi connectivity index (χ3v) is 8.01. The van der Waals surface area contributed by atoms with Crippen LogP contribution in [0.5, 0.6) is 23.0 Å². The number of hydrogen-bond donors (Lipinski definition) is 0. The van der Waals surface area contributed by atoms with Crippen LogP contribution in [0.15, 0.2) is 41.4 Å². The second kappa shape index (κ2) is 9.00. The quantitative estimate of drug-likeness (QED) is 0.517. The predicted molar refractivity (Wildman–Crippen MR) is 133 cm³/mol. The first-order valence-electron chi connectivity index (χ1n) is 12.2. The van der Waals surface area contributed by atoms with E-state index in [1.54, 1.807) is 40.6 Å². The second-order valence-corrected chi connectivity index (χ2v) is 10.1. The standard InChI is InChI=1S/C28H33NO7/c1-26(16-27(17-35-26)12-6-7-13-27)28(19-8-10-20(31-2)11-9-19)25(30)36-24(29-28)18-14-21(32-3)23(34-5)22(15-18)33-4/h8-11,14-15H,6-7,12-13,16-17H2,1-5H3/t26-,28+/m1/s1. The van der Waals surface area contributed by atoms with Crippen LogP contribution in [-0.4, -0.2) is 52.5 Å². The van der Waals surface area contributed by atoms with Gasteiger partial charge >= 0.3 is 5.97 Å². The molecule has 5 rings (SSSR count). The minimum atomic E-state index is -1.37. The average molecular weight is 496 g/mol. The molecule has 0 amide bonds. The number of benzene rings is 2. The molecular weight excluding hydrogens is 462 g/mol. The number of carbonyl (C=O) groups is 1. The fourth-order valence-electron chi connectivity index (χ4n) is 6.17. The topological polar surface area (TPSA) is 84.8 Å². The van der Waals surface area contributed by atoms with Crippen molar-refractivity contribution in [3.8, 4) is 23.0 Å². The van der Waals surface area contributed by atoms with E-state index in [9.17, 15) is 4.79 Å². The minimum Gasteiger partial charge on any atom is -0.497 e. The summed E-state index contributed by atoms with van der Waals surface area (Å²) in [7, 11) is 6.23. The molecule has 36 heavy (non-hydrogen) atoms. The van der Waals surface area contributed by atoms with Gasteiger partial charge in [0, 0.05) is 5.56 Å². The Morgan fingerprint density at radius 1 is 0.889 bits per heavy atom. The highest BCUT2D eigenvalue weighted by atomic mass is 16.6. The van der Waals surface area contributed by atoms with Crippen LogP contribution >= 0.6 is 0 Å². The SMILES string of the molecule is COc1ccc([C@]2([C@@]3(C)CC4(CCCC4)CO3)N=C(c3cc(OC)c(OC)c(OC)c3)OC2=O)cc1. The number of esters is 1. The number of ether oxygens (including phenoxy) is 6. The molecule has 0 bridgehead atoms. The van der Waals surface area contributed by atoms with E-state index < -0.39 is 17.1 Å². The van der Waals surface area contributed by atoms with Crippen LogP contribution in [-0.2, 0) is 19.8 Å². The van der Waals surface area contributed by atoms with Crippen LogP contribution in [0, 0.1) is 5.41 Å². The van der Waals surface area contributed by atoms with E-state index in [4.69, 9.17) is 33.4 Å². The molecule has 2 heterocycles. The van der Waals surface area contributed by atoms with Crippen LogP contribution < -0.4 is 18.9 Å². The lowest BCUT2D eigenvalue weighted by Crippen LogP contribution is -2.52. The van der Waals surface area contributed by atoms with Crippen molar-refractivity contribution >= 4 is 11.9 Å². The van der Waals surface area contributed by atoms with Gasteiger partial charge in [-0.2, -0.15) is 0 Å². The largest absolute Gasteiger partial charge is 0.497 e. The summed E-state index contributed by atoms with van der Waals surface area (Å²) in [6, 6.07) is 10.9. The summed E-state index contributed by atoms with van der Waals surface area (Å²) in [6.07, 6.45) is 5.28. The zero-order valence-electron chi connectivity index (χ0n) is 21.5. The highest BCUT2D eigenvalue weighted by molar-refractivity contribution is 6.09. The van der Waals surface area contributed by atoms with Crippen LogP contribution in [0.2, 0.25) is 0 Å². The third-order valence-electron chi connectivity index (χ3n) is 8.01. The van der Waals surface area contributed by atoms with Gasteiger partial charge in [0.1, 0.15) is 11.4 Å². The first-order valence-corrected chi connectivity index (χ1v) is 12.2. The highest BCUT2D eigenvalue weighted by Crippen LogP contribution is 2.58. The Hall–Kier alpha value is -3.26. The lowest BCUT2D eigenvalue weighted by Gasteiger charge is -2.38. The fourth-order valence-corrected chi connectivity index (χ4v) is 6.17. The molecule has 1 saturated carbocycles. The van der Waals surface area contributed by atoms with Gasteiger partial charge in [0.25, 0.3) is 0 Å². The van der Waals surface area contributed by atoms with Gasteiger partial charge in [-0.3, -0.25) is 0 Å². The molecule has 8 nitrogen and oxygen atoms in total. The fraction of sp³-hybridized carbons (Fsp3) is 0.500. The van der Waals surface area contributed by atoms with E-state index in [1.807, 2.05) is 31.2 Å². The summed E-state index contributed by atoms with van der Waals surface area (Å²) in [5.74, 6) is 1.76. The number of nitrogens with zero attached hydrogens (tertiary/aromatic N) is 1. The molecule has 2 aliphatic heterocycles. The second-order valence-electron chi connectivity index (χ2n) is 10.1. The number of carbonyl (C=O) groups excluding carboxylic acids is 1. The Morgan fingerprint density at radius 3 is 2.08 bits per heavy atom. The molecule has 2 fully saturated rings. The zero-order valence-corrected chi connectivity index (χ0v) is 21.5. The first-order chi connectivity index (χ1) is 17.3. The molecule has 2 atom stereocenters. The molecule has 0 radical (unpaired) electrons. The summed E-state index contributed by atoms with van der Waals surface area (Å²) >= 11 is 0. The van der Waals surface area contributed by atoms with Crippen molar-refractivity contribution in [1.29, 1.82) is 0 Å². The highest BCUT2D eigenvalue weighted by Gasteiger charge is 2.66. The maximum atomic E-state index is 13.9. The molecule has 1 aliphatic carbocycles. The third kappa shape index (κ3) is 3.61. The van der Waals surface area contributed by atoms with E-state index in [-0.39, 0.29) is 11.3 Å². The lowest BCUT2D eigenvalue weighted by atomic mass is 9.69. The van der Waals surface area contributed by atoms with Crippen LogP contribution in [0.1, 0.15) is 50.2 Å². The molecule has 2 aromatic rings. The Bertz CT molecular complexity index is 1160. The van der Waals surface area contributed by atoms with Crippen molar-refractivity contribution in [3.05, 3.63) is 47.5 Å². The molecular formula is C28H33NO7. The van der Waals surface area contributed by atoms with Crippen LogP contribution in [0.25, 0.3) is 0 Å². The monoisotopic (exact) mass is 495 g/mol. The normalized spacial score (nSPS) is 26.6. The van der Waals surface area contributed by atoms with Crippen molar-refractivity contribution in [3.63, 3.8) is 0 Å². The summed E-state index contributed by atoms with van der Waals surface area (Å²) in [6.45, 7) is 2.61. The van der Waals surface area contributed by atoms with Crippen molar-refractivity contribution in [2.75, 3.05) is 35.0 Å². The maximum absolute atomic E-state index is 13.9. The minimum absolute atomic E-state index is 0.0688. The molecule has 2 aromatic carbocycles. The lowest BCUT2D eigenvalue weighted by molar-refractivity contribution is -0.150. The molecule has 0 aromatic heterocycles. The van der Waals surface area contributed by atoms with Crippen molar-refractivity contribution in [1.82, 2.24) is 0 Å². The zero-order chi connectivity index (χ0) is 25.6. The van der Waals surface area contributed by atoms with Gasteiger partial charge in [-0.15, -0.1) is 0 Å². The van der Waals surface area contributed by atoms with E-state index in [0.29, 0.717) is 40.7 Å². The predicted octanol–water partition coefficient (Wildman–Crippen LogP) is 4.66. The molecule has 192 valence electrons. The number of hydrogen-bond acceptors (Lipinski definition) is 8. The summed E-state index contributed by atoms with van der Waals surface area (Å²) < 4.78 is 34.3. The number of methoxy groups -OCH3 is 4. The number of aliphatic imine (C=N–C) groups is 1. The van der Waals surface area contributed by atoms with Gasteiger partial charge in [0.15, 0.2) is 11.5 Å². The molecule has 0 N–H and O–H groups in total. The van der Waals surface area contributed by atoms with Crippen LogP contribution in [0.3, 0.4) is 0 Å². The van der Waals surface area contributed by atoms with Gasteiger partial charge in [0.2, 0.25) is 17.2 Å². The van der Waals surface area contributed by atoms with E-state index in [2.05, 4.69) is 0 Å². The van der Waals surface area contributed by atoms with Crippen molar-refractivity contribution < 1.29 is 33.2 Å². The van der Waals surface area contributed by atoms with Gasteiger partial charge in [-0.25, -0.2) is 9.79 Å². The van der Waals surface area contributed by atoms with Gasteiger partial charge < -0.3 is 28.4 Å². The Kier molecular flexibility index (Phi) is 6.11. The summed E-state index contributed by atoms with van der Waals surface area (Å²) in [5, 5.41) is 0. The van der Waals surface area contributed by atoms with Gasteiger partial charge in [-0.1, -0.05) is 25.0 Å². The Labute approximate surface area is 211 Å². The van der Waals surface area contributed by atoms with Crippen LogP contribution in [0.4, 0.5) is 0 Å². The van der Waals surface area contributed by atoms with Crippen molar-refractivity contribution in [2.24, 2.45) is 10.4 Å². The van der Waals surface area contributed by atoms with Gasteiger partial charge in [0.05, 0.1) is 35.0 Å². The van der Waals surface area contributed by atoms with Gasteiger partial charge in [-0.05, 0) is 61.4 Å². The van der Waals surface area contributed by atoms with E-state index in [0.717, 1.165) is 19.3 Å². The average Bonchev–Trinajstić information content (AvgIpc) is 3.61.